The Bertz CT molecular complexity index is 354. The summed E-state index contributed by atoms with van der Waals surface area (Å²) in [6.07, 6.45) is 5.48. The molecule has 0 aromatic carbocycles. The van der Waals surface area contributed by atoms with E-state index in [2.05, 4.69) is 5.32 Å². The molecule has 0 radical (unpaired) electrons. The molecule has 2 fully saturated rings. The fraction of sp³-hybridized carbons (Fsp3) is 0.938. The summed E-state index contributed by atoms with van der Waals surface area (Å²) in [6, 6.07) is 0.934. The molecule has 0 aromatic rings. The molecule has 1 aliphatic heterocycles. The molecule has 3 unspecified atom stereocenters. The van der Waals surface area contributed by atoms with Crippen LogP contribution >= 0.6 is 0 Å². The first-order valence-corrected chi connectivity index (χ1v) is 8.30. The number of likely N-dealkylation sites (tertiary alicyclic amines) is 1. The Morgan fingerprint density at radius 2 is 2.10 bits per heavy atom. The maximum absolute atomic E-state index is 12.1. The number of nitrogens with zero attached hydrogens (tertiary/aromatic N) is 1. The molecule has 122 valence electrons. The van der Waals surface area contributed by atoms with Crippen molar-refractivity contribution in [3.05, 3.63) is 0 Å². The number of hydrogen-bond donors (Lipinski definition) is 2. The largest absolute Gasteiger partial charge is 0.444 e. The summed E-state index contributed by atoms with van der Waals surface area (Å²) in [5.41, 5.74) is 5.53. The standard InChI is InChI=1S/C16H31N3O2/c1-16(2,3)21-15(20)19-8-4-5-12(11-19)10-18-14-7-6-13(17)9-14/h12-14,18H,4-11,17H2,1-3H3. The van der Waals surface area contributed by atoms with Crippen LogP contribution in [0.4, 0.5) is 4.79 Å². The first-order chi connectivity index (χ1) is 9.83. The molecule has 0 spiro atoms. The van der Waals surface area contributed by atoms with Gasteiger partial charge in [0.05, 0.1) is 0 Å². The molecule has 1 saturated carbocycles. The molecule has 3 N–H and O–H groups in total. The van der Waals surface area contributed by atoms with Crippen molar-refractivity contribution in [2.75, 3.05) is 19.6 Å². The lowest BCUT2D eigenvalue weighted by atomic mass is 9.98. The Labute approximate surface area is 128 Å². The molecule has 5 nitrogen and oxygen atoms in total. The van der Waals surface area contributed by atoms with E-state index in [9.17, 15) is 4.79 Å². The van der Waals surface area contributed by atoms with E-state index in [1.165, 1.54) is 12.8 Å². The molecule has 1 aliphatic carbocycles. The predicted octanol–water partition coefficient (Wildman–Crippen LogP) is 2.10. The maximum atomic E-state index is 12.1. The van der Waals surface area contributed by atoms with Gasteiger partial charge in [-0.1, -0.05) is 0 Å². The van der Waals surface area contributed by atoms with Crippen LogP contribution in [0, 0.1) is 5.92 Å². The molecule has 2 aliphatic rings. The maximum Gasteiger partial charge on any atom is 0.410 e. The van der Waals surface area contributed by atoms with Gasteiger partial charge in [0, 0.05) is 25.2 Å². The van der Waals surface area contributed by atoms with Crippen LogP contribution < -0.4 is 11.1 Å². The highest BCUT2D eigenvalue weighted by Crippen LogP contribution is 2.21. The SMILES string of the molecule is CC(C)(C)OC(=O)N1CCCC(CNC2CCC(N)C2)C1. The van der Waals surface area contributed by atoms with Crippen molar-refractivity contribution in [3.8, 4) is 0 Å². The third-order valence-corrected chi connectivity index (χ3v) is 4.34. The second-order valence-corrected chi connectivity index (χ2v) is 7.61. The van der Waals surface area contributed by atoms with E-state index in [4.69, 9.17) is 10.5 Å². The fourth-order valence-electron chi connectivity index (χ4n) is 3.26. The smallest absolute Gasteiger partial charge is 0.410 e. The van der Waals surface area contributed by atoms with Gasteiger partial charge in [-0.25, -0.2) is 4.79 Å². The van der Waals surface area contributed by atoms with Crippen LogP contribution in [0.1, 0.15) is 52.9 Å². The summed E-state index contributed by atoms with van der Waals surface area (Å²) in [5.74, 6) is 0.531. The van der Waals surface area contributed by atoms with E-state index >= 15 is 0 Å². The Morgan fingerprint density at radius 1 is 1.33 bits per heavy atom. The van der Waals surface area contributed by atoms with Gasteiger partial charge in [0.1, 0.15) is 5.60 Å². The Kier molecular flexibility index (Phi) is 5.49. The molecule has 2 rings (SSSR count). The van der Waals surface area contributed by atoms with Gasteiger partial charge in [0.15, 0.2) is 0 Å². The van der Waals surface area contributed by atoms with Gasteiger partial charge in [0.2, 0.25) is 0 Å². The van der Waals surface area contributed by atoms with Gasteiger partial charge in [-0.05, 0) is 65.3 Å². The second kappa shape index (κ2) is 6.97. The third-order valence-electron chi connectivity index (χ3n) is 4.34. The average Bonchev–Trinajstić information content (AvgIpc) is 2.81. The van der Waals surface area contributed by atoms with Crippen molar-refractivity contribution in [2.45, 2.75) is 70.6 Å². The Balaban J connectivity index is 1.74. The minimum absolute atomic E-state index is 0.171. The number of piperidine rings is 1. The summed E-state index contributed by atoms with van der Waals surface area (Å²) in [7, 11) is 0. The quantitative estimate of drug-likeness (QED) is 0.837. The molecule has 1 heterocycles. The fourth-order valence-corrected chi connectivity index (χ4v) is 3.26. The summed E-state index contributed by atoms with van der Waals surface area (Å²) < 4.78 is 5.47. The van der Waals surface area contributed by atoms with Crippen molar-refractivity contribution in [1.82, 2.24) is 10.2 Å². The number of hydrogen-bond acceptors (Lipinski definition) is 4. The number of nitrogens with one attached hydrogen (secondary N) is 1. The van der Waals surface area contributed by atoms with Crippen molar-refractivity contribution in [2.24, 2.45) is 11.7 Å². The number of rotatable bonds is 3. The van der Waals surface area contributed by atoms with E-state index in [1.54, 1.807) is 0 Å². The molecule has 1 saturated heterocycles. The van der Waals surface area contributed by atoms with E-state index in [0.29, 0.717) is 18.0 Å². The molecular weight excluding hydrogens is 266 g/mol. The lowest BCUT2D eigenvalue weighted by molar-refractivity contribution is 0.0165. The number of carbonyl (C=O) groups excluding carboxylic acids is 1. The monoisotopic (exact) mass is 297 g/mol. The molecule has 5 heteroatoms. The van der Waals surface area contributed by atoms with Crippen molar-refractivity contribution < 1.29 is 9.53 Å². The van der Waals surface area contributed by atoms with Crippen molar-refractivity contribution >= 4 is 6.09 Å². The van der Waals surface area contributed by atoms with Gasteiger partial charge < -0.3 is 20.7 Å². The zero-order chi connectivity index (χ0) is 15.5. The summed E-state index contributed by atoms with van der Waals surface area (Å²) in [6.45, 7) is 8.35. The van der Waals surface area contributed by atoms with Crippen LogP contribution in [0.5, 0.6) is 0 Å². The number of nitrogens with two attached hydrogens (primary N) is 1. The Morgan fingerprint density at radius 3 is 2.71 bits per heavy atom. The minimum atomic E-state index is -0.414. The molecule has 3 atom stereocenters. The van der Waals surface area contributed by atoms with Crippen LogP contribution in [-0.2, 0) is 4.74 Å². The van der Waals surface area contributed by atoms with Crippen LogP contribution in [0.3, 0.4) is 0 Å². The number of ether oxygens (including phenoxy) is 1. The van der Waals surface area contributed by atoms with Gasteiger partial charge in [-0.15, -0.1) is 0 Å². The van der Waals surface area contributed by atoms with Gasteiger partial charge in [0.25, 0.3) is 0 Å². The van der Waals surface area contributed by atoms with Crippen LogP contribution in [0.2, 0.25) is 0 Å². The van der Waals surface area contributed by atoms with Crippen LogP contribution in [0.25, 0.3) is 0 Å². The summed E-state index contributed by atoms with van der Waals surface area (Å²) >= 11 is 0. The average molecular weight is 297 g/mol. The first kappa shape index (κ1) is 16.6. The lowest BCUT2D eigenvalue weighted by Crippen LogP contribution is -2.46. The van der Waals surface area contributed by atoms with E-state index in [0.717, 1.165) is 38.9 Å². The molecule has 0 aromatic heterocycles. The highest BCUT2D eigenvalue weighted by atomic mass is 16.6. The van der Waals surface area contributed by atoms with Gasteiger partial charge in [-0.3, -0.25) is 0 Å². The minimum Gasteiger partial charge on any atom is -0.444 e. The van der Waals surface area contributed by atoms with E-state index in [-0.39, 0.29) is 6.09 Å². The molecule has 21 heavy (non-hydrogen) atoms. The highest BCUT2D eigenvalue weighted by Gasteiger charge is 2.28. The highest BCUT2D eigenvalue weighted by molar-refractivity contribution is 5.68. The normalized spacial score (nSPS) is 30.5. The van der Waals surface area contributed by atoms with E-state index in [1.807, 2.05) is 25.7 Å². The first-order valence-electron chi connectivity index (χ1n) is 8.30. The zero-order valence-corrected chi connectivity index (χ0v) is 13.7. The Hall–Kier alpha value is -0.810. The van der Waals surface area contributed by atoms with Crippen LogP contribution in [-0.4, -0.2) is 48.3 Å². The summed E-state index contributed by atoms with van der Waals surface area (Å²) in [4.78, 5) is 14.0. The molecule has 1 amide bonds. The third kappa shape index (κ3) is 5.47. The van der Waals surface area contributed by atoms with Gasteiger partial charge in [-0.2, -0.15) is 0 Å². The van der Waals surface area contributed by atoms with E-state index < -0.39 is 5.60 Å². The predicted molar refractivity (Wildman–Crippen MR) is 84.1 cm³/mol. The molecule has 0 bridgehead atoms. The zero-order valence-electron chi connectivity index (χ0n) is 13.7. The summed E-state index contributed by atoms with van der Waals surface area (Å²) in [5, 5.41) is 3.63. The second-order valence-electron chi connectivity index (χ2n) is 7.61. The van der Waals surface area contributed by atoms with Gasteiger partial charge >= 0.3 is 6.09 Å². The topological polar surface area (TPSA) is 67.6 Å². The number of amides is 1. The van der Waals surface area contributed by atoms with Crippen molar-refractivity contribution in [1.29, 1.82) is 0 Å². The van der Waals surface area contributed by atoms with Crippen molar-refractivity contribution in [3.63, 3.8) is 0 Å². The number of carbonyl (C=O) groups is 1. The van der Waals surface area contributed by atoms with Crippen LogP contribution in [0.15, 0.2) is 0 Å². The molecular formula is C16H31N3O2. The lowest BCUT2D eigenvalue weighted by Gasteiger charge is -2.34.